The molecule has 0 saturated heterocycles. The maximum atomic E-state index is 12.4. The Labute approximate surface area is 161 Å². The molecular formula is C24H25O2P. The number of rotatable bonds is 6. The predicted octanol–water partition coefficient (Wildman–Crippen LogP) is 4.13. The van der Waals surface area contributed by atoms with E-state index >= 15 is 0 Å². The monoisotopic (exact) mass is 376 g/mol. The van der Waals surface area contributed by atoms with E-state index in [0.717, 1.165) is 5.29 Å². The van der Waals surface area contributed by atoms with Crippen LogP contribution >= 0.6 is 6.89 Å². The largest absolute Gasteiger partial charge is 0.466 e. The number of hydrogen-bond donors (Lipinski definition) is 0. The lowest BCUT2D eigenvalue weighted by Crippen LogP contribution is -2.30. The van der Waals surface area contributed by atoms with Gasteiger partial charge in [0.15, 0.2) is 0 Å². The zero-order valence-electron chi connectivity index (χ0n) is 15.8. The molecule has 0 fully saturated rings. The molecule has 0 N–H and O–H groups in total. The van der Waals surface area contributed by atoms with Crippen molar-refractivity contribution >= 4 is 34.1 Å². The van der Waals surface area contributed by atoms with Crippen molar-refractivity contribution in [2.24, 2.45) is 0 Å². The molecule has 0 aliphatic rings. The zero-order chi connectivity index (χ0) is 19.1. The van der Waals surface area contributed by atoms with E-state index in [-0.39, 0.29) is 5.97 Å². The highest BCUT2D eigenvalue weighted by atomic mass is 31.2. The molecule has 0 aliphatic carbocycles. The van der Waals surface area contributed by atoms with Gasteiger partial charge >= 0.3 is 5.97 Å². The van der Waals surface area contributed by atoms with Crippen LogP contribution in [0.15, 0.2) is 91.0 Å². The molecule has 2 nitrogen and oxygen atoms in total. The van der Waals surface area contributed by atoms with Gasteiger partial charge in [-0.2, -0.15) is 0 Å². The smallest absolute Gasteiger partial charge is 0.309 e. The third-order valence-electron chi connectivity index (χ3n) is 4.71. The van der Waals surface area contributed by atoms with Gasteiger partial charge in [0.1, 0.15) is 0 Å². The van der Waals surface area contributed by atoms with Gasteiger partial charge in [-0.15, -0.1) is 0 Å². The molecule has 0 saturated carbocycles. The van der Waals surface area contributed by atoms with Crippen molar-refractivity contribution in [2.45, 2.75) is 20.3 Å². The summed E-state index contributed by atoms with van der Waals surface area (Å²) in [6.07, 6.45) is 0.320. The van der Waals surface area contributed by atoms with E-state index in [9.17, 15) is 4.79 Å². The highest BCUT2D eigenvalue weighted by Crippen LogP contribution is 2.46. The Balaban J connectivity index is 2.38. The first-order chi connectivity index (χ1) is 13.2. The summed E-state index contributed by atoms with van der Waals surface area (Å²) < 4.78 is 5.27. The molecule has 0 atom stereocenters. The quantitative estimate of drug-likeness (QED) is 0.478. The molecule has 0 aromatic heterocycles. The average Bonchev–Trinajstić information content (AvgIpc) is 2.71. The first kappa shape index (κ1) is 19.2. The summed E-state index contributed by atoms with van der Waals surface area (Å²) in [6.45, 7) is 2.25. The lowest BCUT2D eigenvalue weighted by Gasteiger charge is -2.31. The molecule has 3 aromatic carbocycles. The van der Waals surface area contributed by atoms with Crippen LogP contribution in [0.1, 0.15) is 20.3 Å². The molecule has 0 bridgehead atoms. The van der Waals surface area contributed by atoms with E-state index in [4.69, 9.17) is 4.74 Å². The Morgan fingerprint density at radius 1 is 0.741 bits per heavy atom. The van der Waals surface area contributed by atoms with Crippen LogP contribution < -0.4 is 15.9 Å². The second kappa shape index (κ2) is 8.88. The second-order valence-corrected chi connectivity index (χ2v) is 10.0. The van der Waals surface area contributed by atoms with Gasteiger partial charge in [-0.25, -0.2) is 0 Å². The van der Waals surface area contributed by atoms with Crippen molar-refractivity contribution in [2.75, 3.05) is 6.61 Å². The minimum atomic E-state index is -2.11. The van der Waals surface area contributed by atoms with Crippen molar-refractivity contribution in [1.82, 2.24) is 0 Å². The van der Waals surface area contributed by atoms with Crippen LogP contribution in [-0.4, -0.2) is 17.9 Å². The number of benzene rings is 3. The van der Waals surface area contributed by atoms with Gasteiger partial charge in [0.25, 0.3) is 0 Å². The van der Waals surface area contributed by atoms with Gasteiger partial charge in [-0.3, -0.25) is 4.79 Å². The molecule has 0 amide bonds. The molecule has 3 heteroatoms. The van der Waals surface area contributed by atoms with Crippen molar-refractivity contribution in [3.8, 4) is 0 Å². The summed E-state index contributed by atoms with van der Waals surface area (Å²) in [7, 11) is 0. The number of carbonyl (C=O) groups excluding carboxylic acids is 1. The summed E-state index contributed by atoms with van der Waals surface area (Å²) in [4.78, 5) is 12.4. The van der Waals surface area contributed by atoms with Crippen LogP contribution in [0.25, 0.3) is 0 Å². The van der Waals surface area contributed by atoms with Crippen molar-refractivity contribution in [3.05, 3.63) is 91.0 Å². The number of ether oxygens (including phenoxy) is 1. The molecule has 0 spiro atoms. The summed E-state index contributed by atoms with van der Waals surface area (Å²) in [5, 5.41) is 4.92. The first-order valence-electron chi connectivity index (χ1n) is 9.24. The van der Waals surface area contributed by atoms with E-state index in [2.05, 4.69) is 79.7 Å². The minimum Gasteiger partial charge on any atom is -0.466 e. The molecular weight excluding hydrogens is 351 g/mol. The maximum Gasteiger partial charge on any atom is 0.309 e. The van der Waals surface area contributed by atoms with E-state index in [1.54, 1.807) is 0 Å². The number of hydrogen-bond acceptors (Lipinski definition) is 2. The molecule has 3 rings (SSSR count). The molecule has 0 aliphatic heterocycles. The molecule has 27 heavy (non-hydrogen) atoms. The van der Waals surface area contributed by atoms with Crippen molar-refractivity contribution < 1.29 is 9.53 Å². The summed E-state index contributed by atoms with van der Waals surface area (Å²) >= 11 is 0. The Morgan fingerprint density at radius 3 is 1.44 bits per heavy atom. The van der Waals surface area contributed by atoms with E-state index < -0.39 is 6.89 Å². The highest BCUT2D eigenvalue weighted by Gasteiger charge is 2.28. The van der Waals surface area contributed by atoms with Crippen LogP contribution in [0.4, 0.5) is 0 Å². The second-order valence-electron chi connectivity index (χ2n) is 6.39. The van der Waals surface area contributed by atoms with Gasteiger partial charge in [0, 0.05) is 0 Å². The fraction of sp³-hybridized carbons (Fsp3) is 0.167. The van der Waals surface area contributed by atoms with Gasteiger partial charge in [0.05, 0.1) is 13.0 Å². The fourth-order valence-corrected chi connectivity index (χ4v) is 8.04. The molecule has 138 valence electrons. The Morgan fingerprint density at radius 2 is 1.11 bits per heavy atom. The average molecular weight is 376 g/mol. The van der Waals surface area contributed by atoms with Crippen LogP contribution in [-0.2, 0) is 9.53 Å². The van der Waals surface area contributed by atoms with E-state index in [1.165, 1.54) is 15.9 Å². The molecule has 0 heterocycles. The summed E-state index contributed by atoms with van der Waals surface area (Å²) in [5.41, 5.74) is 0. The van der Waals surface area contributed by atoms with Gasteiger partial charge in [-0.05, 0) is 36.6 Å². The Bertz CT molecular complexity index is 828. The van der Waals surface area contributed by atoms with Crippen LogP contribution in [0, 0.1) is 0 Å². The number of esters is 1. The fourth-order valence-electron chi connectivity index (χ4n) is 3.60. The first-order valence-corrected chi connectivity index (χ1v) is 11.0. The van der Waals surface area contributed by atoms with Crippen LogP contribution in [0.5, 0.6) is 0 Å². The predicted molar refractivity (Wildman–Crippen MR) is 117 cm³/mol. The number of carbonyl (C=O) groups is 1. The molecule has 0 unspecified atom stereocenters. The van der Waals surface area contributed by atoms with Gasteiger partial charge in [0.2, 0.25) is 0 Å². The SMILES string of the molecule is CCOC(=O)CC(C)=P(c1ccccc1)(c1ccccc1)c1ccccc1. The normalized spacial score (nSPS) is 11.0. The lowest BCUT2D eigenvalue weighted by atomic mass is 10.3. The lowest BCUT2D eigenvalue weighted by molar-refractivity contribution is -0.141. The summed E-state index contributed by atoms with van der Waals surface area (Å²) in [5.74, 6) is -0.165. The third-order valence-corrected chi connectivity index (χ3v) is 9.23. The van der Waals surface area contributed by atoms with Crippen LogP contribution in [0.3, 0.4) is 0 Å². The maximum absolute atomic E-state index is 12.4. The van der Waals surface area contributed by atoms with Crippen LogP contribution in [0.2, 0.25) is 0 Å². The summed E-state index contributed by atoms with van der Waals surface area (Å²) in [6, 6.07) is 31.7. The highest BCUT2D eigenvalue weighted by molar-refractivity contribution is 7.95. The minimum absolute atomic E-state index is 0.165. The van der Waals surface area contributed by atoms with Crippen molar-refractivity contribution in [3.63, 3.8) is 0 Å². The van der Waals surface area contributed by atoms with Gasteiger partial charge < -0.3 is 4.74 Å². The van der Waals surface area contributed by atoms with E-state index in [0.29, 0.717) is 13.0 Å². The topological polar surface area (TPSA) is 26.3 Å². The zero-order valence-corrected chi connectivity index (χ0v) is 16.7. The van der Waals surface area contributed by atoms with Gasteiger partial charge in [-0.1, -0.05) is 96.3 Å². The van der Waals surface area contributed by atoms with Crippen molar-refractivity contribution in [1.29, 1.82) is 0 Å². The molecule has 3 aromatic rings. The standard InChI is InChI=1S/C24H25O2P/c1-3-26-24(25)19-20(2)27(21-13-7-4-8-14-21,22-15-9-5-10-16-22)23-17-11-6-12-18-23/h4-18H,3,19H2,1-2H3. The Kier molecular flexibility index (Phi) is 6.32. The van der Waals surface area contributed by atoms with E-state index in [1.807, 2.05) is 25.1 Å². The molecule has 0 radical (unpaired) electrons. The Hall–Kier alpha value is -2.57. The third kappa shape index (κ3) is 3.91.